The lowest BCUT2D eigenvalue weighted by Crippen LogP contribution is -2.28. The van der Waals surface area contributed by atoms with Gasteiger partial charge in [-0.3, -0.25) is 9.36 Å². The number of hydrogen-bond acceptors (Lipinski definition) is 4. The van der Waals surface area contributed by atoms with Crippen LogP contribution in [0, 0.1) is 13.8 Å². The summed E-state index contributed by atoms with van der Waals surface area (Å²) < 4.78 is 6.71. The third-order valence-corrected chi connectivity index (χ3v) is 3.14. The van der Waals surface area contributed by atoms with E-state index in [1.807, 2.05) is 6.92 Å². The number of Topliss-reactive ketones (excluding diaryl/α,β-unsaturated/α-hetero) is 1. The molecule has 1 aromatic heterocycles. The fourth-order valence-electron chi connectivity index (χ4n) is 2.11. The minimum Gasteiger partial charge on any atom is -0.494 e. The zero-order valence-electron chi connectivity index (χ0n) is 12.4. The SMILES string of the molecule is CCOc1ccc(C(=O)Cn2c(C)cc(C)nc2=O)cc1. The minimum atomic E-state index is -0.396. The van der Waals surface area contributed by atoms with Gasteiger partial charge in [0, 0.05) is 17.0 Å². The maximum Gasteiger partial charge on any atom is 0.348 e. The molecule has 0 aliphatic heterocycles. The molecule has 2 aromatic rings. The number of nitrogens with zero attached hydrogens (tertiary/aromatic N) is 2. The predicted molar refractivity (Wildman–Crippen MR) is 79.9 cm³/mol. The van der Waals surface area contributed by atoms with Gasteiger partial charge in [-0.1, -0.05) is 0 Å². The first-order chi connectivity index (χ1) is 10.0. The van der Waals surface area contributed by atoms with Gasteiger partial charge in [-0.15, -0.1) is 0 Å². The molecular weight excluding hydrogens is 268 g/mol. The van der Waals surface area contributed by atoms with E-state index in [-0.39, 0.29) is 12.3 Å². The molecule has 0 saturated carbocycles. The van der Waals surface area contributed by atoms with Gasteiger partial charge in [0.25, 0.3) is 0 Å². The van der Waals surface area contributed by atoms with Crippen molar-refractivity contribution >= 4 is 5.78 Å². The van der Waals surface area contributed by atoms with E-state index in [2.05, 4.69) is 4.98 Å². The fourth-order valence-corrected chi connectivity index (χ4v) is 2.11. The standard InChI is InChI=1S/C16H18N2O3/c1-4-21-14-7-5-13(6-8-14)15(19)10-18-12(3)9-11(2)17-16(18)20/h5-9H,4,10H2,1-3H3. The van der Waals surface area contributed by atoms with Gasteiger partial charge in [0.05, 0.1) is 13.2 Å². The molecule has 21 heavy (non-hydrogen) atoms. The Bertz CT molecular complexity index is 702. The molecule has 0 aliphatic carbocycles. The van der Waals surface area contributed by atoms with E-state index in [1.165, 1.54) is 4.57 Å². The summed E-state index contributed by atoms with van der Waals surface area (Å²) in [5.74, 6) is 0.591. The van der Waals surface area contributed by atoms with E-state index >= 15 is 0 Å². The normalized spacial score (nSPS) is 10.4. The first-order valence-electron chi connectivity index (χ1n) is 6.82. The number of ether oxygens (including phenoxy) is 1. The van der Waals surface area contributed by atoms with E-state index in [0.717, 1.165) is 11.4 Å². The van der Waals surface area contributed by atoms with Crippen LogP contribution < -0.4 is 10.4 Å². The van der Waals surface area contributed by atoms with Crippen LogP contribution in [0.2, 0.25) is 0 Å². The number of hydrogen-bond donors (Lipinski definition) is 0. The lowest BCUT2D eigenvalue weighted by molar-refractivity contribution is 0.0969. The van der Waals surface area contributed by atoms with Crippen LogP contribution in [0.1, 0.15) is 28.7 Å². The summed E-state index contributed by atoms with van der Waals surface area (Å²) in [4.78, 5) is 27.9. The van der Waals surface area contributed by atoms with Gasteiger partial charge < -0.3 is 4.74 Å². The van der Waals surface area contributed by atoms with Gasteiger partial charge in [-0.2, -0.15) is 4.98 Å². The average molecular weight is 286 g/mol. The Hall–Kier alpha value is -2.43. The average Bonchev–Trinajstić information content (AvgIpc) is 2.43. The maximum absolute atomic E-state index is 12.2. The van der Waals surface area contributed by atoms with Crippen molar-refractivity contribution in [3.8, 4) is 5.75 Å². The molecule has 0 spiro atoms. The molecule has 5 heteroatoms. The van der Waals surface area contributed by atoms with Crippen LogP contribution in [-0.2, 0) is 6.54 Å². The molecule has 110 valence electrons. The number of carbonyl (C=O) groups is 1. The Kier molecular flexibility index (Phi) is 4.52. The van der Waals surface area contributed by atoms with Gasteiger partial charge in [-0.25, -0.2) is 4.79 Å². The highest BCUT2D eigenvalue weighted by Crippen LogP contribution is 2.13. The summed E-state index contributed by atoms with van der Waals surface area (Å²) in [7, 11) is 0. The summed E-state index contributed by atoms with van der Waals surface area (Å²) >= 11 is 0. The molecule has 0 N–H and O–H groups in total. The van der Waals surface area contributed by atoms with Crippen molar-refractivity contribution in [2.24, 2.45) is 0 Å². The minimum absolute atomic E-state index is 0.00801. The van der Waals surface area contributed by atoms with Crippen molar-refractivity contribution < 1.29 is 9.53 Å². The third-order valence-electron chi connectivity index (χ3n) is 3.14. The van der Waals surface area contributed by atoms with E-state index in [9.17, 15) is 9.59 Å². The second-order valence-electron chi connectivity index (χ2n) is 4.79. The van der Waals surface area contributed by atoms with Gasteiger partial charge >= 0.3 is 5.69 Å². The molecule has 1 heterocycles. The number of carbonyl (C=O) groups excluding carboxylic acids is 1. The Balaban J connectivity index is 2.20. The Morgan fingerprint density at radius 1 is 1.24 bits per heavy atom. The summed E-state index contributed by atoms with van der Waals surface area (Å²) in [6.07, 6.45) is 0. The number of aryl methyl sites for hydroxylation is 2. The number of ketones is 1. The van der Waals surface area contributed by atoms with Gasteiger partial charge in [-0.05, 0) is 51.1 Å². The summed E-state index contributed by atoms with van der Waals surface area (Å²) in [6, 6.07) is 8.69. The van der Waals surface area contributed by atoms with Crippen LogP contribution in [0.15, 0.2) is 35.1 Å². The lowest BCUT2D eigenvalue weighted by atomic mass is 10.1. The van der Waals surface area contributed by atoms with Crippen molar-refractivity contribution in [3.63, 3.8) is 0 Å². The first kappa shape index (κ1) is 15.0. The number of rotatable bonds is 5. The van der Waals surface area contributed by atoms with Crippen molar-refractivity contribution in [1.29, 1.82) is 0 Å². The van der Waals surface area contributed by atoms with Gasteiger partial charge in [0.15, 0.2) is 5.78 Å². The summed E-state index contributed by atoms with van der Waals surface area (Å²) in [5, 5.41) is 0. The molecule has 0 radical (unpaired) electrons. The molecule has 1 aromatic carbocycles. The molecule has 0 saturated heterocycles. The highest BCUT2D eigenvalue weighted by molar-refractivity contribution is 5.96. The van der Waals surface area contributed by atoms with Crippen molar-refractivity contribution in [2.45, 2.75) is 27.3 Å². The van der Waals surface area contributed by atoms with Crippen molar-refractivity contribution in [3.05, 3.63) is 57.8 Å². The van der Waals surface area contributed by atoms with Crippen LogP contribution in [0.5, 0.6) is 5.75 Å². The smallest absolute Gasteiger partial charge is 0.348 e. The second-order valence-corrected chi connectivity index (χ2v) is 4.79. The molecule has 0 atom stereocenters. The first-order valence-corrected chi connectivity index (χ1v) is 6.82. The molecule has 0 unspecified atom stereocenters. The Morgan fingerprint density at radius 3 is 2.48 bits per heavy atom. The van der Waals surface area contributed by atoms with Crippen molar-refractivity contribution in [2.75, 3.05) is 6.61 Å². The molecule has 5 nitrogen and oxygen atoms in total. The fraction of sp³-hybridized carbons (Fsp3) is 0.312. The lowest BCUT2D eigenvalue weighted by Gasteiger charge is -2.09. The quantitative estimate of drug-likeness (QED) is 0.790. The van der Waals surface area contributed by atoms with Crippen LogP contribution in [0.3, 0.4) is 0 Å². The van der Waals surface area contributed by atoms with Crippen LogP contribution in [-0.4, -0.2) is 21.9 Å². The molecule has 0 amide bonds. The second kappa shape index (κ2) is 6.35. The van der Waals surface area contributed by atoms with E-state index in [1.54, 1.807) is 44.2 Å². The maximum atomic E-state index is 12.2. The van der Waals surface area contributed by atoms with E-state index in [4.69, 9.17) is 4.74 Å². The highest BCUT2D eigenvalue weighted by atomic mass is 16.5. The molecular formula is C16H18N2O3. The largest absolute Gasteiger partial charge is 0.494 e. The zero-order chi connectivity index (χ0) is 15.4. The number of benzene rings is 1. The van der Waals surface area contributed by atoms with Crippen LogP contribution in [0.25, 0.3) is 0 Å². The van der Waals surface area contributed by atoms with Crippen LogP contribution >= 0.6 is 0 Å². The Morgan fingerprint density at radius 2 is 1.90 bits per heavy atom. The summed E-state index contributed by atoms with van der Waals surface area (Å²) in [6.45, 7) is 6.02. The number of aromatic nitrogens is 2. The topological polar surface area (TPSA) is 61.2 Å². The van der Waals surface area contributed by atoms with Gasteiger partial charge in [0.1, 0.15) is 5.75 Å². The Labute approximate surface area is 123 Å². The van der Waals surface area contributed by atoms with Crippen molar-refractivity contribution in [1.82, 2.24) is 9.55 Å². The molecule has 0 fully saturated rings. The molecule has 0 bridgehead atoms. The zero-order valence-corrected chi connectivity index (χ0v) is 12.4. The molecule has 0 aliphatic rings. The van der Waals surface area contributed by atoms with Crippen LogP contribution in [0.4, 0.5) is 0 Å². The highest BCUT2D eigenvalue weighted by Gasteiger charge is 2.11. The van der Waals surface area contributed by atoms with E-state index < -0.39 is 5.69 Å². The third kappa shape index (κ3) is 3.56. The monoisotopic (exact) mass is 286 g/mol. The van der Waals surface area contributed by atoms with Gasteiger partial charge in [0.2, 0.25) is 0 Å². The van der Waals surface area contributed by atoms with E-state index in [0.29, 0.717) is 17.9 Å². The molecule has 2 rings (SSSR count). The summed E-state index contributed by atoms with van der Waals surface area (Å²) in [5.41, 5.74) is 1.53. The predicted octanol–water partition coefficient (Wildman–Crippen LogP) is 2.14.